The Balaban J connectivity index is 2.23. The second-order valence-electron chi connectivity index (χ2n) is 5.17. The van der Waals surface area contributed by atoms with Crippen LogP contribution in [0.15, 0.2) is 12.1 Å². The highest BCUT2D eigenvalue weighted by atomic mass is 35.5. The molecule has 1 aromatic carbocycles. The van der Waals surface area contributed by atoms with Gasteiger partial charge in [-0.15, -0.1) is 11.6 Å². The minimum Gasteiger partial charge on any atom is -0.493 e. The monoisotopic (exact) mass is 310 g/mol. The number of ether oxygens (including phenoxy) is 3. The Kier molecular flexibility index (Phi) is 3.95. The van der Waals surface area contributed by atoms with Crippen LogP contribution >= 0.6 is 11.6 Å². The van der Waals surface area contributed by atoms with Crippen molar-refractivity contribution in [3.05, 3.63) is 18.0 Å². The number of methoxy groups -OCH3 is 2. The van der Waals surface area contributed by atoms with Gasteiger partial charge >= 0.3 is 0 Å². The van der Waals surface area contributed by atoms with Crippen LogP contribution in [0.5, 0.6) is 11.5 Å². The molecule has 114 valence electrons. The van der Waals surface area contributed by atoms with E-state index >= 15 is 0 Å². The first kappa shape index (κ1) is 14.5. The molecule has 1 aliphatic rings. The van der Waals surface area contributed by atoms with Crippen LogP contribution in [0, 0.1) is 0 Å². The van der Waals surface area contributed by atoms with Gasteiger partial charge in [-0.1, -0.05) is 0 Å². The number of benzene rings is 1. The zero-order valence-corrected chi connectivity index (χ0v) is 13.2. The van der Waals surface area contributed by atoms with Crippen molar-refractivity contribution >= 4 is 22.6 Å². The molecule has 0 bridgehead atoms. The van der Waals surface area contributed by atoms with Crippen molar-refractivity contribution in [1.82, 2.24) is 9.55 Å². The van der Waals surface area contributed by atoms with Gasteiger partial charge in [0.2, 0.25) is 0 Å². The summed E-state index contributed by atoms with van der Waals surface area (Å²) in [4.78, 5) is 4.68. The maximum absolute atomic E-state index is 6.32. The number of halogens is 1. The summed E-state index contributed by atoms with van der Waals surface area (Å²) >= 11 is 6.32. The number of fused-ring (bicyclic) bond motifs is 1. The third kappa shape index (κ3) is 2.45. The second-order valence-corrected chi connectivity index (χ2v) is 5.82. The molecular formula is C15H19ClN2O3. The summed E-state index contributed by atoms with van der Waals surface area (Å²) in [5.74, 6) is 2.22. The van der Waals surface area contributed by atoms with Crippen molar-refractivity contribution in [2.45, 2.75) is 24.8 Å². The lowest BCUT2D eigenvalue weighted by Gasteiger charge is -2.16. The highest BCUT2D eigenvalue weighted by molar-refractivity contribution is 6.20. The number of imidazole rings is 1. The van der Waals surface area contributed by atoms with E-state index in [9.17, 15) is 0 Å². The van der Waals surface area contributed by atoms with Gasteiger partial charge in [0, 0.05) is 18.7 Å². The van der Waals surface area contributed by atoms with E-state index in [1.54, 1.807) is 14.2 Å². The molecule has 2 aromatic rings. The third-order valence-electron chi connectivity index (χ3n) is 3.85. The normalized spacial score (nSPS) is 19.9. The SMILES string of the molecule is COc1cc2nc(C(C)Cl)n(C3CCOC3)c2cc1OC. The number of hydrogen-bond acceptors (Lipinski definition) is 4. The van der Waals surface area contributed by atoms with Gasteiger partial charge in [0.15, 0.2) is 11.5 Å². The van der Waals surface area contributed by atoms with Gasteiger partial charge in [0.1, 0.15) is 5.82 Å². The smallest absolute Gasteiger partial charge is 0.163 e. The van der Waals surface area contributed by atoms with E-state index in [4.69, 9.17) is 25.8 Å². The van der Waals surface area contributed by atoms with Crippen molar-refractivity contribution in [3.63, 3.8) is 0 Å². The van der Waals surface area contributed by atoms with Gasteiger partial charge < -0.3 is 18.8 Å². The molecule has 1 fully saturated rings. The first-order chi connectivity index (χ1) is 10.2. The predicted octanol–water partition coefficient (Wildman–Crippen LogP) is 3.31. The summed E-state index contributed by atoms with van der Waals surface area (Å²) in [6.45, 7) is 3.40. The maximum Gasteiger partial charge on any atom is 0.163 e. The van der Waals surface area contributed by atoms with Crippen LogP contribution in [0.3, 0.4) is 0 Å². The quantitative estimate of drug-likeness (QED) is 0.813. The summed E-state index contributed by atoms with van der Waals surface area (Å²) in [5, 5.41) is -0.171. The van der Waals surface area contributed by atoms with Gasteiger partial charge in [-0.25, -0.2) is 4.98 Å². The molecule has 0 amide bonds. The van der Waals surface area contributed by atoms with Crippen molar-refractivity contribution in [2.24, 2.45) is 0 Å². The van der Waals surface area contributed by atoms with Crippen LogP contribution in [0.2, 0.25) is 0 Å². The molecule has 21 heavy (non-hydrogen) atoms. The summed E-state index contributed by atoms with van der Waals surface area (Å²) in [7, 11) is 3.25. The number of aromatic nitrogens is 2. The highest BCUT2D eigenvalue weighted by Crippen LogP contribution is 2.37. The Bertz CT molecular complexity index is 648. The second kappa shape index (κ2) is 5.73. The predicted molar refractivity (Wildman–Crippen MR) is 81.6 cm³/mol. The van der Waals surface area contributed by atoms with Gasteiger partial charge in [0.05, 0.1) is 43.3 Å². The molecule has 0 aliphatic carbocycles. The van der Waals surface area contributed by atoms with Crippen LogP contribution in [0.1, 0.15) is 30.6 Å². The molecule has 2 unspecified atom stereocenters. The molecule has 1 aliphatic heterocycles. The van der Waals surface area contributed by atoms with Crippen molar-refractivity contribution < 1.29 is 14.2 Å². The number of hydrogen-bond donors (Lipinski definition) is 0. The first-order valence-corrected chi connectivity index (χ1v) is 7.45. The lowest BCUT2D eigenvalue weighted by molar-refractivity contribution is 0.186. The molecule has 2 heterocycles. The minimum absolute atomic E-state index is 0.171. The zero-order valence-electron chi connectivity index (χ0n) is 12.4. The van der Waals surface area contributed by atoms with Gasteiger partial charge in [-0.3, -0.25) is 0 Å². The molecule has 0 saturated carbocycles. The van der Waals surface area contributed by atoms with Crippen LogP contribution in [-0.4, -0.2) is 37.0 Å². The molecule has 0 radical (unpaired) electrons. The fraction of sp³-hybridized carbons (Fsp3) is 0.533. The first-order valence-electron chi connectivity index (χ1n) is 7.01. The molecule has 1 aromatic heterocycles. The van der Waals surface area contributed by atoms with Crippen LogP contribution < -0.4 is 9.47 Å². The highest BCUT2D eigenvalue weighted by Gasteiger charge is 2.26. The average molecular weight is 311 g/mol. The zero-order chi connectivity index (χ0) is 15.0. The average Bonchev–Trinajstić information content (AvgIpc) is 3.11. The van der Waals surface area contributed by atoms with E-state index in [-0.39, 0.29) is 11.4 Å². The molecule has 0 spiro atoms. The van der Waals surface area contributed by atoms with Gasteiger partial charge in [0.25, 0.3) is 0 Å². The molecule has 6 heteroatoms. The maximum atomic E-state index is 6.32. The number of alkyl halides is 1. The van der Waals surface area contributed by atoms with E-state index in [1.165, 1.54) is 0 Å². The Hall–Kier alpha value is -1.46. The van der Waals surface area contributed by atoms with E-state index in [1.807, 2.05) is 19.1 Å². The van der Waals surface area contributed by atoms with E-state index < -0.39 is 0 Å². The molecule has 0 N–H and O–H groups in total. The molecule has 1 saturated heterocycles. The Labute approximate surface area is 128 Å². The van der Waals surface area contributed by atoms with E-state index in [2.05, 4.69) is 9.55 Å². The standard InChI is InChI=1S/C15H19ClN2O3/c1-9(16)15-17-11-6-13(19-2)14(20-3)7-12(11)18(15)10-4-5-21-8-10/h6-7,9-10H,4-5,8H2,1-3H3. The van der Waals surface area contributed by atoms with Crippen LogP contribution in [-0.2, 0) is 4.74 Å². The lowest BCUT2D eigenvalue weighted by Crippen LogP contribution is -2.12. The van der Waals surface area contributed by atoms with Crippen molar-refractivity contribution in [3.8, 4) is 11.5 Å². The fourth-order valence-electron chi connectivity index (χ4n) is 2.83. The topological polar surface area (TPSA) is 45.5 Å². The number of nitrogens with zero attached hydrogens (tertiary/aromatic N) is 2. The van der Waals surface area contributed by atoms with Crippen molar-refractivity contribution in [1.29, 1.82) is 0 Å². The van der Waals surface area contributed by atoms with E-state index in [0.29, 0.717) is 18.1 Å². The Morgan fingerprint density at radius 3 is 2.62 bits per heavy atom. The van der Waals surface area contributed by atoms with Crippen LogP contribution in [0.4, 0.5) is 0 Å². The largest absolute Gasteiger partial charge is 0.493 e. The molecular weight excluding hydrogens is 292 g/mol. The summed E-state index contributed by atoms with van der Waals surface area (Å²) in [5.41, 5.74) is 1.87. The van der Waals surface area contributed by atoms with Crippen molar-refractivity contribution in [2.75, 3.05) is 27.4 Å². The summed E-state index contributed by atoms with van der Waals surface area (Å²) in [6.07, 6.45) is 0.969. The fourth-order valence-corrected chi connectivity index (χ4v) is 2.98. The van der Waals surface area contributed by atoms with Gasteiger partial charge in [-0.2, -0.15) is 0 Å². The minimum atomic E-state index is -0.171. The summed E-state index contributed by atoms with van der Waals surface area (Å²) < 4.78 is 18.4. The third-order valence-corrected chi connectivity index (χ3v) is 4.04. The lowest BCUT2D eigenvalue weighted by atomic mass is 10.2. The summed E-state index contributed by atoms with van der Waals surface area (Å²) in [6, 6.07) is 4.12. The Morgan fingerprint density at radius 1 is 1.33 bits per heavy atom. The molecule has 5 nitrogen and oxygen atoms in total. The van der Waals surface area contributed by atoms with E-state index in [0.717, 1.165) is 29.9 Å². The molecule has 3 rings (SSSR count). The Morgan fingerprint density at radius 2 is 2.05 bits per heavy atom. The van der Waals surface area contributed by atoms with Gasteiger partial charge in [-0.05, 0) is 13.3 Å². The van der Waals surface area contributed by atoms with Crippen LogP contribution in [0.25, 0.3) is 11.0 Å². The number of rotatable bonds is 4. The molecule has 2 atom stereocenters.